The Morgan fingerprint density at radius 3 is 2.62 bits per heavy atom. The summed E-state index contributed by atoms with van der Waals surface area (Å²) in [6.07, 6.45) is -2.27. The van der Waals surface area contributed by atoms with E-state index in [9.17, 15) is 17.6 Å². The Morgan fingerprint density at radius 2 is 1.93 bits per heavy atom. The molecule has 0 amide bonds. The lowest BCUT2D eigenvalue weighted by atomic mass is 10.1. The third-order valence-corrected chi connectivity index (χ3v) is 4.27. The molecule has 10 heteroatoms. The van der Waals surface area contributed by atoms with Gasteiger partial charge in [-0.3, -0.25) is 0 Å². The molecule has 29 heavy (non-hydrogen) atoms. The number of anilines is 2. The molecule has 1 unspecified atom stereocenters. The van der Waals surface area contributed by atoms with E-state index >= 15 is 0 Å². The van der Waals surface area contributed by atoms with Crippen molar-refractivity contribution in [2.45, 2.75) is 25.7 Å². The van der Waals surface area contributed by atoms with Gasteiger partial charge in [0.2, 0.25) is 11.9 Å². The second-order valence-corrected chi connectivity index (χ2v) is 6.66. The number of alkyl halides is 3. The second kappa shape index (κ2) is 8.71. The molecule has 0 aliphatic carbocycles. The van der Waals surface area contributed by atoms with Crippen LogP contribution in [0, 0.1) is 5.95 Å². The lowest BCUT2D eigenvalue weighted by Gasteiger charge is -2.19. The predicted octanol–water partition coefficient (Wildman–Crippen LogP) is 5.28. The maximum Gasteiger partial charge on any atom is 0.433 e. The van der Waals surface area contributed by atoms with Crippen LogP contribution in [0.1, 0.15) is 29.8 Å². The summed E-state index contributed by atoms with van der Waals surface area (Å²) in [6, 6.07) is 8.51. The number of nitrogens with one attached hydrogen (secondary N) is 2. The Balaban J connectivity index is 1.82. The molecule has 0 bridgehead atoms. The van der Waals surface area contributed by atoms with Crippen molar-refractivity contribution in [1.29, 1.82) is 0 Å². The zero-order valence-electron chi connectivity index (χ0n) is 15.1. The van der Waals surface area contributed by atoms with Crippen molar-refractivity contribution in [1.82, 2.24) is 20.3 Å². The molecule has 0 aliphatic rings. The van der Waals surface area contributed by atoms with Gasteiger partial charge in [0.25, 0.3) is 0 Å². The number of nitrogens with zero attached hydrogens (tertiary/aromatic N) is 3. The van der Waals surface area contributed by atoms with Crippen LogP contribution in [-0.2, 0) is 12.7 Å². The monoisotopic (exact) mass is 425 g/mol. The van der Waals surface area contributed by atoms with Crippen molar-refractivity contribution in [2.75, 3.05) is 5.32 Å². The van der Waals surface area contributed by atoms with Crippen LogP contribution in [0.25, 0.3) is 0 Å². The molecule has 0 spiro atoms. The number of rotatable bonds is 6. The summed E-state index contributed by atoms with van der Waals surface area (Å²) in [5, 5.41) is 6.06. The number of aromatic nitrogens is 3. The Morgan fingerprint density at radius 1 is 1.14 bits per heavy atom. The maximum atomic E-state index is 13.6. The molecule has 0 fully saturated rings. The molecule has 0 radical (unpaired) electrons. The summed E-state index contributed by atoms with van der Waals surface area (Å²) in [5.41, 5.74) is -0.163. The van der Waals surface area contributed by atoms with Gasteiger partial charge in [-0.1, -0.05) is 17.7 Å². The van der Waals surface area contributed by atoms with E-state index in [-0.39, 0.29) is 18.1 Å². The van der Waals surface area contributed by atoms with E-state index in [1.807, 2.05) is 0 Å². The highest BCUT2D eigenvalue weighted by molar-refractivity contribution is 6.30. The predicted molar refractivity (Wildman–Crippen MR) is 101 cm³/mol. The number of pyridine rings is 1. The Bertz CT molecular complexity index is 996. The van der Waals surface area contributed by atoms with E-state index in [4.69, 9.17) is 11.6 Å². The van der Waals surface area contributed by atoms with Gasteiger partial charge in [-0.25, -0.2) is 15.0 Å². The van der Waals surface area contributed by atoms with Crippen LogP contribution in [0.2, 0.25) is 5.02 Å². The van der Waals surface area contributed by atoms with Crippen LogP contribution in [-0.4, -0.2) is 15.0 Å². The summed E-state index contributed by atoms with van der Waals surface area (Å²) < 4.78 is 53.9. The minimum Gasteiger partial charge on any atom is -0.324 e. The van der Waals surface area contributed by atoms with Crippen LogP contribution in [0.5, 0.6) is 0 Å². The molecule has 2 heterocycles. The Kier molecular flexibility index (Phi) is 6.29. The number of halogens is 5. The minimum atomic E-state index is -4.68. The fourth-order valence-corrected chi connectivity index (χ4v) is 2.81. The quantitative estimate of drug-likeness (QED) is 0.415. The fourth-order valence-electron chi connectivity index (χ4n) is 2.62. The van der Waals surface area contributed by atoms with Crippen LogP contribution < -0.4 is 10.6 Å². The molecule has 1 aromatic carbocycles. The smallest absolute Gasteiger partial charge is 0.324 e. The summed E-state index contributed by atoms with van der Waals surface area (Å²) >= 11 is 5.88. The molecule has 3 rings (SSSR count). The number of benzene rings is 1. The van der Waals surface area contributed by atoms with Crippen LogP contribution in [0.3, 0.4) is 0 Å². The average Bonchev–Trinajstić information content (AvgIpc) is 2.65. The molecular formula is C19H16ClF4N5. The summed E-state index contributed by atoms with van der Waals surface area (Å²) in [7, 11) is 0. The zero-order valence-corrected chi connectivity index (χ0v) is 15.9. The van der Waals surface area contributed by atoms with Crippen molar-refractivity contribution in [3.05, 3.63) is 76.6 Å². The first-order valence-electron chi connectivity index (χ1n) is 8.53. The van der Waals surface area contributed by atoms with Gasteiger partial charge in [-0.2, -0.15) is 17.6 Å². The standard InChI is InChI=1S/C19H16ClF4N5/c1-11(26-9-12-5-6-25-16(21)7-12)15-10-27-18(29-17(15)19(22,23)24)28-14-4-2-3-13(20)8-14/h2-8,10-11,26H,9H2,1H3,(H,27,28,29). The summed E-state index contributed by atoms with van der Waals surface area (Å²) in [4.78, 5) is 11.1. The number of hydrogen-bond donors (Lipinski definition) is 2. The average molecular weight is 426 g/mol. The molecule has 2 aromatic heterocycles. The van der Waals surface area contributed by atoms with Gasteiger partial charge in [-0.15, -0.1) is 0 Å². The molecule has 1 atom stereocenters. The molecule has 0 saturated heterocycles. The Hall–Kier alpha value is -2.78. The Labute approximate surface area is 169 Å². The first-order valence-corrected chi connectivity index (χ1v) is 8.90. The van der Waals surface area contributed by atoms with Crippen molar-refractivity contribution in [3.8, 4) is 0 Å². The van der Waals surface area contributed by atoms with E-state index in [0.29, 0.717) is 16.3 Å². The summed E-state index contributed by atoms with van der Waals surface area (Å²) in [5.74, 6) is -0.862. The van der Waals surface area contributed by atoms with Crippen molar-refractivity contribution in [3.63, 3.8) is 0 Å². The largest absolute Gasteiger partial charge is 0.433 e. The molecule has 3 aromatic rings. The third kappa shape index (κ3) is 5.61. The van der Waals surface area contributed by atoms with E-state index in [1.165, 1.54) is 12.3 Å². The van der Waals surface area contributed by atoms with E-state index in [1.54, 1.807) is 37.3 Å². The topological polar surface area (TPSA) is 62.7 Å². The van der Waals surface area contributed by atoms with Gasteiger partial charge in [0.1, 0.15) is 0 Å². The molecule has 2 N–H and O–H groups in total. The van der Waals surface area contributed by atoms with Gasteiger partial charge in [0.05, 0.1) is 0 Å². The van der Waals surface area contributed by atoms with Crippen molar-refractivity contribution < 1.29 is 17.6 Å². The fraction of sp³-hybridized carbons (Fsp3) is 0.211. The van der Waals surface area contributed by atoms with Gasteiger partial charge < -0.3 is 10.6 Å². The van der Waals surface area contributed by atoms with Gasteiger partial charge in [-0.05, 0) is 42.8 Å². The second-order valence-electron chi connectivity index (χ2n) is 6.22. The SMILES string of the molecule is CC(NCc1ccnc(F)c1)c1cnc(Nc2cccc(Cl)c2)nc1C(F)(F)F. The molecule has 5 nitrogen and oxygen atoms in total. The van der Waals surface area contributed by atoms with E-state index < -0.39 is 23.9 Å². The highest BCUT2D eigenvalue weighted by Crippen LogP contribution is 2.34. The molecular weight excluding hydrogens is 410 g/mol. The lowest BCUT2D eigenvalue weighted by molar-refractivity contribution is -0.142. The lowest BCUT2D eigenvalue weighted by Crippen LogP contribution is -2.23. The van der Waals surface area contributed by atoms with Gasteiger partial charge in [0, 0.05) is 41.3 Å². The first kappa shape index (κ1) is 20.9. The highest BCUT2D eigenvalue weighted by Gasteiger charge is 2.37. The molecule has 152 valence electrons. The van der Waals surface area contributed by atoms with Gasteiger partial charge in [0.15, 0.2) is 5.69 Å². The van der Waals surface area contributed by atoms with Crippen molar-refractivity contribution >= 4 is 23.2 Å². The normalized spacial score (nSPS) is 12.6. The highest BCUT2D eigenvalue weighted by atomic mass is 35.5. The van der Waals surface area contributed by atoms with E-state index in [2.05, 4.69) is 25.6 Å². The van der Waals surface area contributed by atoms with Crippen molar-refractivity contribution in [2.24, 2.45) is 0 Å². The summed E-state index contributed by atoms with van der Waals surface area (Å²) in [6.45, 7) is 1.70. The van der Waals surface area contributed by atoms with Crippen LogP contribution >= 0.6 is 11.6 Å². The molecule has 0 saturated carbocycles. The number of hydrogen-bond acceptors (Lipinski definition) is 5. The zero-order chi connectivity index (χ0) is 21.0. The van der Waals surface area contributed by atoms with Crippen LogP contribution in [0.15, 0.2) is 48.8 Å². The van der Waals surface area contributed by atoms with Crippen LogP contribution in [0.4, 0.5) is 29.2 Å². The van der Waals surface area contributed by atoms with E-state index in [0.717, 1.165) is 6.20 Å². The maximum absolute atomic E-state index is 13.6. The minimum absolute atomic E-state index is 0.122. The van der Waals surface area contributed by atoms with Gasteiger partial charge >= 0.3 is 6.18 Å². The third-order valence-electron chi connectivity index (χ3n) is 4.04. The molecule has 0 aliphatic heterocycles. The first-order chi connectivity index (χ1) is 13.7.